The molecule has 0 aliphatic heterocycles. The maximum atomic E-state index is 5.10. The van der Waals surface area contributed by atoms with Crippen molar-refractivity contribution in [3.05, 3.63) is 132 Å². The summed E-state index contributed by atoms with van der Waals surface area (Å²) in [5.74, 6) is 2.05. The molecule has 0 fully saturated rings. The van der Waals surface area contributed by atoms with E-state index in [1.165, 1.54) is 53.6 Å². The van der Waals surface area contributed by atoms with Crippen LogP contribution in [0.3, 0.4) is 0 Å². The molecule has 0 amide bonds. The smallest absolute Gasteiger partial charge is 0.165 e. The third-order valence-corrected chi connectivity index (χ3v) is 9.16. The normalized spacial score (nSPS) is 13.2. The summed E-state index contributed by atoms with van der Waals surface area (Å²) in [5, 5.41) is 2.61. The Morgan fingerprint density at radius 1 is 0.561 bits per heavy atom. The summed E-state index contributed by atoms with van der Waals surface area (Å²) < 4.78 is 2.49. The number of thiophene rings is 1. The number of aryl methyl sites for hydroxylation is 1. The average Bonchev–Trinajstić information content (AvgIpc) is 3.36. The van der Waals surface area contributed by atoms with E-state index in [4.69, 9.17) is 15.0 Å². The van der Waals surface area contributed by atoms with Gasteiger partial charge in [-0.1, -0.05) is 103 Å². The predicted molar refractivity (Wildman–Crippen MR) is 172 cm³/mol. The van der Waals surface area contributed by atoms with Gasteiger partial charge < -0.3 is 0 Å². The molecule has 2 aromatic heterocycles. The highest BCUT2D eigenvalue weighted by Crippen LogP contribution is 2.52. The van der Waals surface area contributed by atoms with Crippen LogP contribution >= 0.6 is 11.3 Å². The van der Waals surface area contributed by atoms with Crippen molar-refractivity contribution >= 4 is 37.1 Å². The Labute approximate surface area is 242 Å². The van der Waals surface area contributed by atoms with Crippen LogP contribution in [0, 0.1) is 6.92 Å². The minimum atomic E-state index is 0.678. The summed E-state index contributed by atoms with van der Waals surface area (Å²) in [4.78, 5) is 15.1. The molecule has 0 saturated heterocycles. The fourth-order valence-corrected chi connectivity index (χ4v) is 7.43. The van der Waals surface area contributed by atoms with Gasteiger partial charge in [0.1, 0.15) is 0 Å². The average molecular weight is 544 g/mol. The van der Waals surface area contributed by atoms with Gasteiger partial charge in [0.15, 0.2) is 17.5 Å². The van der Waals surface area contributed by atoms with Crippen LogP contribution in [0.2, 0.25) is 0 Å². The molecule has 0 N–H and O–H groups in total. The molecule has 3 nitrogen and oxygen atoms in total. The van der Waals surface area contributed by atoms with Gasteiger partial charge in [0.2, 0.25) is 0 Å². The molecule has 0 saturated carbocycles. The van der Waals surface area contributed by atoms with Gasteiger partial charge in [-0.15, -0.1) is 11.3 Å². The number of nitrogens with zero attached hydrogens (tertiary/aromatic N) is 3. The molecule has 0 bridgehead atoms. The highest BCUT2D eigenvalue weighted by Gasteiger charge is 2.27. The van der Waals surface area contributed by atoms with E-state index < -0.39 is 0 Å². The van der Waals surface area contributed by atoms with Crippen molar-refractivity contribution in [3.8, 4) is 45.3 Å². The lowest BCUT2D eigenvalue weighted by atomic mass is 9.89. The van der Waals surface area contributed by atoms with Crippen LogP contribution in [0.15, 0.2) is 115 Å². The molecule has 0 unspecified atom stereocenters. The van der Waals surface area contributed by atoms with Gasteiger partial charge in [-0.3, -0.25) is 0 Å². The largest absolute Gasteiger partial charge is 0.208 e. The van der Waals surface area contributed by atoms with E-state index in [9.17, 15) is 0 Å². The SMILES string of the molecule is C/C=C1/c2ccccc2-c2cccc3sc4c(-c5nc(-c6ccccc6)nc(-c6ccccc6)n5)cc(C)c1c4c23. The molecular formula is C37H25N3S. The fourth-order valence-electron chi connectivity index (χ4n) is 6.18. The minimum Gasteiger partial charge on any atom is -0.208 e. The second kappa shape index (κ2) is 9.33. The lowest BCUT2D eigenvalue weighted by Gasteiger charge is -2.16. The Bertz CT molecular complexity index is 2100. The van der Waals surface area contributed by atoms with E-state index in [0.29, 0.717) is 17.5 Å². The van der Waals surface area contributed by atoms with Gasteiger partial charge in [-0.25, -0.2) is 15.0 Å². The number of fused-ring (bicyclic) bond motifs is 2. The van der Waals surface area contributed by atoms with Gasteiger partial charge in [0, 0.05) is 36.9 Å². The highest BCUT2D eigenvalue weighted by molar-refractivity contribution is 7.26. The van der Waals surface area contributed by atoms with Crippen LogP contribution in [0.1, 0.15) is 23.6 Å². The zero-order valence-corrected chi connectivity index (χ0v) is 23.5. The Morgan fingerprint density at radius 3 is 1.80 bits per heavy atom. The van der Waals surface area contributed by atoms with Crippen LogP contribution in [0.4, 0.5) is 0 Å². The van der Waals surface area contributed by atoms with Gasteiger partial charge in [-0.2, -0.15) is 0 Å². The summed E-state index contributed by atoms with van der Waals surface area (Å²) in [6, 6.07) is 38.1. The first-order chi connectivity index (χ1) is 20.2. The molecule has 0 radical (unpaired) electrons. The van der Waals surface area contributed by atoms with Crippen molar-refractivity contribution in [2.45, 2.75) is 13.8 Å². The van der Waals surface area contributed by atoms with Crippen LogP contribution < -0.4 is 0 Å². The van der Waals surface area contributed by atoms with Crippen molar-refractivity contribution in [2.75, 3.05) is 0 Å². The molecule has 0 atom stereocenters. The lowest BCUT2D eigenvalue weighted by Crippen LogP contribution is -2.01. The molecule has 8 rings (SSSR count). The van der Waals surface area contributed by atoms with Gasteiger partial charge >= 0.3 is 0 Å². The topological polar surface area (TPSA) is 38.7 Å². The van der Waals surface area contributed by atoms with Crippen molar-refractivity contribution in [3.63, 3.8) is 0 Å². The Balaban J connectivity index is 1.49. The fraction of sp³-hybridized carbons (Fsp3) is 0.0541. The summed E-state index contributed by atoms with van der Waals surface area (Å²) in [5.41, 5.74) is 10.6. The highest BCUT2D eigenvalue weighted by atomic mass is 32.1. The summed E-state index contributed by atoms with van der Waals surface area (Å²) in [6.45, 7) is 4.37. The first kappa shape index (κ1) is 23.9. The van der Waals surface area contributed by atoms with Gasteiger partial charge in [0.25, 0.3) is 0 Å². The number of allylic oxidation sites excluding steroid dienone is 1. The third-order valence-electron chi connectivity index (χ3n) is 7.97. The Kier molecular flexibility index (Phi) is 5.44. The third kappa shape index (κ3) is 3.68. The van der Waals surface area contributed by atoms with Gasteiger partial charge in [-0.05, 0) is 59.4 Å². The maximum absolute atomic E-state index is 5.10. The standard InChI is InChI=1S/C37H25N3S/c1-3-25-26-17-10-11-18-27(26)28-19-12-20-30-32(28)33-31(25)22(2)21-29(34(33)41-30)37-39-35(23-13-6-4-7-14-23)38-36(40-37)24-15-8-5-9-16-24/h3-21H,1-2H3/b25-3-. The van der Waals surface area contributed by atoms with E-state index in [2.05, 4.69) is 92.7 Å². The number of benzene rings is 5. The lowest BCUT2D eigenvalue weighted by molar-refractivity contribution is 1.08. The second-order valence-corrected chi connectivity index (χ2v) is 11.4. The van der Waals surface area contributed by atoms with Crippen molar-refractivity contribution in [1.29, 1.82) is 0 Å². The zero-order chi connectivity index (χ0) is 27.5. The van der Waals surface area contributed by atoms with Crippen molar-refractivity contribution in [1.82, 2.24) is 15.0 Å². The van der Waals surface area contributed by atoms with E-state index in [-0.39, 0.29) is 0 Å². The predicted octanol–water partition coefficient (Wildman–Crippen LogP) is 9.98. The molecule has 4 heteroatoms. The quantitative estimate of drug-likeness (QED) is 0.223. The summed E-state index contributed by atoms with van der Waals surface area (Å²) in [7, 11) is 0. The van der Waals surface area contributed by atoms with E-state index in [1.54, 1.807) is 0 Å². The Hall–Kier alpha value is -4.93. The van der Waals surface area contributed by atoms with Crippen molar-refractivity contribution < 1.29 is 0 Å². The van der Waals surface area contributed by atoms with E-state index in [0.717, 1.165) is 16.7 Å². The van der Waals surface area contributed by atoms with Crippen LogP contribution in [0.25, 0.3) is 71.0 Å². The number of rotatable bonds is 3. The monoisotopic (exact) mass is 543 g/mol. The van der Waals surface area contributed by atoms with Gasteiger partial charge in [0.05, 0.1) is 0 Å². The second-order valence-electron chi connectivity index (χ2n) is 10.4. The molecule has 5 aromatic carbocycles. The first-order valence-corrected chi connectivity index (χ1v) is 14.7. The first-order valence-electron chi connectivity index (χ1n) is 13.8. The number of aromatic nitrogens is 3. The van der Waals surface area contributed by atoms with Crippen LogP contribution in [0.5, 0.6) is 0 Å². The van der Waals surface area contributed by atoms with Crippen LogP contribution in [-0.4, -0.2) is 15.0 Å². The molecule has 1 aliphatic carbocycles. The molecule has 7 aromatic rings. The van der Waals surface area contributed by atoms with Crippen molar-refractivity contribution in [2.24, 2.45) is 0 Å². The molecule has 2 heterocycles. The number of hydrogen-bond donors (Lipinski definition) is 0. The molecule has 41 heavy (non-hydrogen) atoms. The van der Waals surface area contributed by atoms with E-state index in [1.807, 2.05) is 47.7 Å². The molecule has 1 aliphatic rings. The maximum Gasteiger partial charge on any atom is 0.165 e. The van der Waals surface area contributed by atoms with E-state index >= 15 is 0 Å². The summed E-state index contributed by atoms with van der Waals surface area (Å²) in [6.07, 6.45) is 2.26. The Morgan fingerprint density at radius 2 is 1.15 bits per heavy atom. The zero-order valence-electron chi connectivity index (χ0n) is 22.7. The molecule has 0 spiro atoms. The van der Waals surface area contributed by atoms with Crippen LogP contribution in [-0.2, 0) is 0 Å². The summed E-state index contributed by atoms with van der Waals surface area (Å²) >= 11 is 1.83. The minimum absolute atomic E-state index is 0.678. The molecular weight excluding hydrogens is 518 g/mol. The molecule has 194 valence electrons. The number of hydrogen-bond acceptors (Lipinski definition) is 4.